The van der Waals surface area contributed by atoms with Crippen LogP contribution in [0.15, 0.2) is 0 Å². The fraction of sp³-hybridized carbons (Fsp3) is 0.943. The van der Waals surface area contributed by atoms with E-state index in [9.17, 15) is 14.4 Å². The Hall–Kier alpha value is -1.59. The normalized spacial score (nSPS) is 13.1. The number of hydrogen-bond donors (Lipinski definition) is 0. The molecule has 3 atom stereocenters. The van der Waals surface area contributed by atoms with Gasteiger partial charge >= 0.3 is 17.9 Å². The molecule has 59 heavy (non-hydrogen) atoms. The first-order valence-electron chi connectivity index (χ1n) is 26.2. The third kappa shape index (κ3) is 44.3. The van der Waals surface area contributed by atoms with Crippen LogP contribution in [0.25, 0.3) is 0 Å². The van der Waals surface area contributed by atoms with Gasteiger partial charge in [-0.1, -0.05) is 247 Å². The van der Waals surface area contributed by atoms with Crippen molar-refractivity contribution < 1.29 is 28.6 Å². The fourth-order valence-corrected chi connectivity index (χ4v) is 7.87. The van der Waals surface area contributed by atoms with E-state index in [0.29, 0.717) is 19.3 Å². The highest BCUT2D eigenvalue weighted by molar-refractivity contribution is 5.71. The summed E-state index contributed by atoms with van der Waals surface area (Å²) in [5, 5.41) is 0. The van der Waals surface area contributed by atoms with Crippen LogP contribution in [0.1, 0.15) is 286 Å². The van der Waals surface area contributed by atoms with Gasteiger partial charge in [0, 0.05) is 19.3 Å². The lowest BCUT2D eigenvalue weighted by molar-refractivity contribution is -0.167. The van der Waals surface area contributed by atoms with Gasteiger partial charge in [0.2, 0.25) is 0 Å². The molecule has 2 unspecified atom stereocenters. The van der Waals surface area contributed by atoms with E-state index in [1.807, 2.05) is 0 Å². The van der Waals surface area contributed by atoms with Gasteiger partial charge in [-0.2, -0.15) is 0 Å². The lowest BCUT2D eigenvalue weighted by Crippen LogP contribution is -2.30. The maximum atomic E-state index is 12.8. The first-order valence-corrected chi connectivity index (χ1v) is 26.2. The van der Waals surface area contributed by atoms with E-state index in [1.54, 1.807) is 0 Å². The van der Waals surface area contributed by atoms with Crippen molar-refractivity contribution in [1.29, 1.82) is 0 Å². The highest BCUT2D eigenvalue weighted by Gasteiger charge is 2.19. The zero-order valence-electron chi connectivity index (χ0n) is 40.5. The summed E-state index contributed by atoms with van der Waals surface area (Å²) in [6.45, 7) is 13.7. The number of unbranched alkanes of at least 4 members (excludes halogenated alkanes) is 27. The molecule has 0 rings (SSSR count). The van der Waals surface area contributed by atoms with Gasteiger partial charge in [0.1, 0.15) is 13.2 Å². The first kappa shape index (κ1) is 57.4. The van der Waals surface area contributed by atoms with Gasteiger partial charge in [0.15, 0.2) is 6.10 Å². The molecule has 0 saturated carbocycles. The number of ether oxygens (including phenoxy) is 3. The molecule has 0 aliphatic carbocycles. The SMILES string of the molecule is CCC(C)CCCCCCCCCCCCCCCCC(=O)O[C@@H](COC(=O)CCCCCCCCCCCCC(C)C)COC(=O)CCCCCCCCC(C)CC. The van der Waals surface area contributed by atoms with Gasteiger partial charge in [-0.3, -0.25) is 14.4 Å². The Morgan fingerprint density at radius 2 is 0.593 bits per heavy atom. The minimum atomic E-state index is -0.763. The van der Waals surface area contributed by atoms with Crippen molar-refractivity contribution in [2.75, 3.05) is 13.2 Å². The van der Waals surface area contributed by atoms with Crippen LogP contribution in [0.3, 0.4) is 0 Å². The van der Waals surface area contributed by atoms with Gasteiger partial charge in [-0.25, -0.2) is 0 Å². The molecule has 0 N–H and O–H groups in total. The van der Waals surface area contributed by atoms with Crippen molar-refractivity contribution in [3.63, 3.8) is 0 Å². The number of carbonyl (C=O) groups excluding carboxylic acids is 3. The van der Waals surface area contributed by atoms with Crippen molar-refractivity contribution >= 4 is 17.9 Å². The standard InChI is InChI=1S/C53H102O6/c1-7-48(5)40-34-28-22-18-13-11-9-10-12-14-20-24-32-38-44-53(56)59-50(46-58-52(55)43-37-31-26-25-29-35-41-49(6)8-2)45-57-51(54)42-36-30-23-19-16-15-17-21-27-33-39-47(3)4/h47-50H,7-46H2,1-6H3/t48?,49?,50-/m0/s1. The smallest absolute Gasteiger partial charge is 0.306 e. The average molecular weight is 835 g/mol. The predicted octanol–water partition coefficient (Wildman–Crippen LogP) is 16.8. The zero-order chi connectivity index (χ0) is 43.4. The van der Waals surface area contributed by atoms with Crippen LogP contribution in [0.2, 0.25) is 0 Å². The first-order chi connectivity index (χ1) is 28.7. The number of carbonyl (C=O) groups is 3. The summed E-state index contributed by atoms with van der Waals surface area (Å²) < 4.78 is 16.8. The lowest BCUT2D eigenvalue weighted by Gasteiger charge is -2.18. The molecule has 0 heterocycles. The van der Waals surface area contributed by atoms with Crippen molar-refractivity contribution in [2.45, 2.75) is 292 Å². The highest BCUT2D eigenvalue weighted by atomic mass is 16.6. The molecular weight excluding hydrogens is 733 g/mol. The molecule has 0 fully saturated rings. The molecule has 0 radical (unpaired) electrons. The Balaban J connectivity index is 4.29. The van der Waals surface area contributed by atoms with E-state index in [0.717, 1.165) is 75.5 Å². The van der Waals surface area contributed by atoms with Crippen LogP contribution < -0.4 is 0 Å². The van der Waals surface area contributed by atoms with Crippen LogP contribution in [-0.2, 0) is 28.6 Å². The third-order valence-corrected chi connectivity index (χ3v) is 12.6. The molecule has 0 amide bonds. The van der Waals surface area contributed by atoms with E-state index < -0.39 is 6.10 Å². The van der Waals surface area contributed by atoms with Crippen LogP contribution in [0.5, 0.6) is 0 Å². The Bertz CT molecular complexity index is 918. The topological polar surface area (TPSA) is 78.9 Å². The predicted molar refractivity (Wildman–Crippen MR) is 252 cm³/mol. The van der Waals surface area contributed by atoms with Crippen molar-refractivity contribution in [3.8, 4) is 0 Å². The molecule has 0 aromatic rings. The van der Waals surface area contributed by atoms with Crippen molar-refractivity contribution in [3.05, 3.63) is 0 Å². The second kappa shape index (κ2) is 44.5. The minimum Gasteiger partial charge on any atom is -0.462 e. The molecule has 0 spiro atoms. The molecule has 0 aromatic heterocycles. The summed E-state index contributed by atoms with van der Waals surface area (Å²) >= 11 is 0. The van der Waals surface area contributed by atoms with Crippen LogP contribution >= 0.6 is 0 Å². The highest BCUT2D eigenvalue weighted by Crippen LogP contribution is 2.18. The number of esters is 3. The molecule has 6 nitrogen and oxygen atoms in total. The summed E-state index contributed by atoms with van der Waals surface area (Å²) in [4.78, 5) is 37.9. The second-order valence-electron chi connectivity index (χ2n) is 19.1. The Kier molecular flexibility index (Phi) is 43.3. The van der Waals surface area contributed by atoms with Gasteiger partial charge in [-0.05, 0) is 37.0 Å². The van der Waals surface area contributed by atoms with Crippen molar-refractivity contribution in [2.24, 2.45) is 17.8 Å². The van der Waals surface area contributed by atoms with Gasteiger partial charge in [0.05, 0.1) is 0 Å². The maximum Gasteiger partial charge on any atom is 0.306 e. The molecule has 0 saturated heterocycles. The second-order valence-corrected chi connectivity index (χ2v) is 19.1. The van der Waals surface area contributed by atoms with E-state index in [-0.39, 0.29) is 31.1 Å². The molecule has 350 valence electrons. The van der Waals surface area contributed by atoms with Crippen LogP contribution in [-0.4, -0.2) is 37.2 Å². The van der Waals surface area contributed by atoms with E-state index in [2.05, 4.69) is 41.5 Å². The van der Waals surface area contributed by atoms with Gasteiger partial charge < -0.3 is 14.2 Å². The molecular formula is C53H102O6. The Morgan fingerprint density at radius 1 is 0.339 bits per heavy atom. The maximum absolute atomic E-state index is 12.8. The van der Waals surface area contributed by atoms with E-state index >= 15 is 0 Å². The number of rotatable bonds is 46. The van der Waals surface area contributed by atoms with E-state index in [1.165, 1.54) is 167 Å². The summed E-state index contributed by atoms with van der Waals surface area (Å²) in [5.74, 6) is 1.67. The van der Waals surface area contributed by atoms with E-state index in [4.69, 9.17) is 14.2 Å². The van der Waals surface area contributed by atoms with Crippen molar-refractivity contribution in [1.82, 2.24) is 0 Å². The lowest BCUT2D eigenvalue weighted by atomic mass is 9.99. The molecule has 6 heteroatoms. The minimum absolute atomic E-state index is 0.0654. The Morgan fingerprint density at radius 3 is 0.881 bits per heavy atom. The van der Waals surface area contributed by atoms with Crippen LogP contribution in [0, 0.1) is 17.8 Å². The van der Waals surface area contributed by atoms with Gasteiger partial charge in [-0.15, -0.1) is 0 Å². The number of hydrogen-bond acceptors (Lipinski definition) is 6. The largest absolute Gasteiger partial charge is 0.462 e. The molecule has 0 aromatic carbocycles. The third-order valence-electron chi connectivity index (χ3n) is 12.6. The van der Waals surface area contributed by atoms with Crippen LogP contribution in [0.4, 0.5) is 0 Å². The monoisotopic (exact) mass is 835 g/mol. The Labute approximate surface area is 368 Å². The summed E-state index contributed by atoms with van der Waals surface area (Å²) in [6, 6.07) is 0. The quantitative estimate of drug-likeness (QED) is 0.0345. The zero-order valence-corrected chi connectivity index (χ0v) is 40.5. The fourth-order valence-electron chi connectivity index (χ4n) is 7.87. The molecule has 0 aliphatic rings. The summed E-state index contributed by atoms with van der Waals surface area (Å²) in [7, 11) is 0. The summed E-state index contributed by atoms with van der Waals surface area (Å²) in [6.07, 6.45) is 43.7. The molecule has 0 bridgehead atoms. The average Bonchev–Trinajstić information content (AvgIpc) is 3.22. The molecule has 0 aliphatic heterocycles. The summed E-state index contributed by atoms with van der Waals surface area (Å²) in [5.41, 5.74) is 0. The van der Waals surface area contributed by atoms with Gasteiger partial charge in [0.25, 0.3) is 0 Å².